The highest BCUT2D eigenvalue weighted by atomic mass is 32.2. The Balaban J connectivity index is 1.78. The molecule has 0 spiro atoms. The highest BCUT2D eigenvalue weighted by Crippen LogP contribution is 2.30. The lowest BCUT2D eigenvalue weighted by molar-refractivity contribution is -0.137. The zero-order valence-corrected chi connectivity index (χ0v) is 14.7. The zero-order valence-electron chi connectivity index (χ0n) is 13.9. The van der Waals surface area contributed by atoms with Crippen LogP contribution in [0.4, 0.5) is 0 Å². The van der Waals surface area contributed by atoms with Gasteiger partial charge >= 0.3 is 5.97 Å². The summed E-state index contributed by atoms with van der Waals surface area (Å²) in [7, 11) is 0. The third-order valence-corrected chi connectivity index (χ3v) is 4.61. The minimum Gasteiger partial charge on any atom is -0.463 e. The first-order valence-corrected chi connectivity index (χ1v) is 8.77. The standard InChI is InChI=1S/C17H17N3O4S/c1-3-23-16(22)8-15-20(14(21)10-25-15)9-13-18-17(19-24-13)12-7-5-4-6-11(12)2/h4-8H,3,9-10H2,1-2H3/b15-8-. The fourth-order valence-electron chi connectivity index (χ4n) is 2.37. The van der Waals surface area contributed by atoms with Crippen molar-refractivity contribution in [3.63, 3.8) is 0 Å². The van der Waals surface area contributed by atoms with Crippen molar-refractivity contribution in [3.8, 4) is 11.4 Å². The van der Waals surface area contributed by atoms with Crippen molar-refractivity contribution in [3.05, 3.63) is 46.8 Å². The van der Waals surface area contributed by atoms with Gasteiger partial charge in [0.05, 0.1) is 23.5 Å². The van der Waals surface area contributed by atoms with Crippen molar-refractivity contribution in [1.82, 2.24) is 15.0 Å². The van der Waals surface area contributed by atoms with Crippen LogP contribution in [0.5, 0.6) is 0 Å². The van der Waals surface area contributed by atoms with Gasteiger partial charge in [-0.2, -0.15) is 4.98 Å². The minimum atomic E-state index is -0.476. The van der Waals surface area contributed by atoms with E-state index in [1.54, 1.807) is 6.92 Å². The van der Waals surface area contributed by atoms with Gasteiger partial charge in [0.1, 0.15) is 6.54 Å². The van der Waals surface area contributed by atoms with Crippen LogP contribution in [0.25, 0.3) is 11.4 Å². The third-order valence-electron chi connectivity index (χ3n) is 3.59. The van der Waals surface area contributed by atoms with E-state index >= 15 is 0 Å². The molecular formula is C17H17N3O4S. The highest BCUT2D eigenvalue weighted by Gasteiger charge is 2.29. The van der Waals surface area contributed by atoms with E-state index in [9.17, 15) is 9.59 Å². The summed E-state index contributed by atoms with van der Waals surface area (Å²) >= 11 is 1.28. The molecule has 1 aromatic heterocycles. The number of hydrogen-bond donors (Lipinski definition) is 0. The fraction of sp³-hybridized carbons (Fsp3) is 0.294. The number of carbonyl (C=O) groups excluding carboxylic acids is 2. The summed E-state index contributed by atoms with van der Waals surface area (Å²) in [4.78, 5) is 29.5. The van der Waals surface area contributed by atoms with Crippen LogP contribution in [0.1, 0.15) is 18.4 Å². The average molecular weight is 359 g/mol. The number of carbonyl (C=O) groups is 2. The van der Waals surface area contributed by atoms with Gasteiger partial charge in [-0.25, -0.2) is 4.79 Å². The average Bonchev–Trinajstić information content (AvgIpc) is 3.18. The quantitative estimate of drug-likeness (QED) is 0.599. The number of aryl methyl sites for hydroxylation is 1. The SMILES string of the molecule is CCOC(=O)/C=C1\SCC(=O)N1Cc1nc(-c2ccccc2C)no1. The molecule has 1 saturated heterocycles. The second-order valence-electron chi connectivity index (χ2n) is 5.33. The molecule has 0 saturated carbocycles. The molecule has 1 aliphatic rings. The summed E-state index contributed by atoms with van der Waals surface area (Å²) < 4.78 is 10.2. The van der Waals surface area contributed by atoms with Crippen LogP contribution >= 0.6 is 11.8 Å². The molecule has 25 heavy (non-hydrogen) atoms. The lowest BCUT2D eigenvalue weighted by Gasteiger charge is -2.13. The van der Waals surface area contributed by atoms with E-state index in [4.69, 9.17) is 9.26 Å². The summed E-state index contributed by atoms with van der Waals surface area (Å²) in [5.41, 5.74) is 1.91. The predicted octanol–water partition coefficient (Wildman–Crippen LogP) is 2.52. The van der Waals surface area contributed by atoms with E-state index in [1.807, 2.05) is 31.2 Å². The van der Waals surface area contributed by atoms with E-state index in [0.717, 1.165) is 11.1 Å². The highest BCUT2D eigenvalue weighted by molar-refractivity contribution is 8.04. The number of aromatic nitrogens is 2. The topological polar surface area (TPSA) is 85.5 Å². The van der Waals surface area contributed by atoms with E-state index < -0.39 is 5.97 Å². The Labute approximate surface area is 149 Å². The molecular weight excluding hydrogens is 342 g/mol. The molecule has 2 aromatic rings. The second-order valence-corrected chi connectivity index (χ2v) is 6.33. The summed E-state index contributed by atoms with van der Waals surface area (Å²) in [6, 6.07) is 7.71. The van der Waals surface area contributed by atoms with Crippen molar-refractivity contribution in [2.45, 2.75) is 20.4 Å². The number of benzene rings is 1. The molecule has 8 heteroatoms. The molecule has 1 aromatic carbocycles. The van der Waals surface area contributed by atoms with Crippen LogP contribution in [-0.2, 0) is 20.9 Å². The van der Waals surface area contributed by atoms with Gasteiger partial charge in [0.15, 0.2) is 0 Å². The first-order valence-electron chi connectivity index (χ1n) is 7.78. The normalized spacial score (nSPS) is 15.8. The maximum Gasteiger partial charge on any atom is 0.333 e. The van der Waals surface area contributed by atoms with Crippen LogP contribution in [-0.4, -0.2) is 39.3 Å². The Bertz CT molecular complexity index is 831. The van der Waals surface area contributed by atoms with Crippen molar-refractivity contribution in [2.75, 3.05) is 12.4 Å². The van der Waals surface area contributed by atoms with Gasteiger partial charge in [-0.05, 0) is 19.4 Å². The molecule has 130 valence electrons. The first-order chi connectivity index (χ1) is 12.1. The van der Waals surface area contributed by atoms with Gasteiger partial charge < -0.3 is 9.26 Å². The van der Waals surface area contributed by atoms with E-state index in [2.05, 4.69) is 10.1 Å². The summed E-state index contributed by atoms with van der Waals surface area (Å²) in [5, 5.41) is 4.51. The largest absolute Gasteiger partial charge is 0.463 e. The molecule has 1 amide bonds. The maximum atomic E-state index is 12.1. The van der Waals surface area contributed by atoms with Crippen LogP contribution in [0.15, 0.2) is 39.9 Å². The Morgan fingerprint density at radius 2 is 2.24 bits per heavy atom. The predicted molar refractivity (Wildman–Crippen MR) is 92.2 cm³/mol. The molecule has 0 atom stereocenters. The number of hydrogen-bond acceptors (Lipinski definition) is 7. The van der Waals surface area contributed by atoms with Crippen molar-refractivity contribution in [2.24, 2.45) is 0 Å². The molecule has 0 radical (unpaired) electrons. The molecule has 0 bridgehead atoms. The molecule has 1 aliphatic heterocycles. The zero-order chi connectivity index (χ0) is 17.8. The summed E-state index contributed by atoms with van der Waals surface area (Å²) in [6.07, 6.45) is 1.32. The van der Waals surface area contributed by atoms with E-state index in [1.165, 1.54) is 22.7 Å². The summed E-state index contributed by atoms with van der Waals surface area (Å²) in [6.45, 7) is 4.10. The van der Waals surface area contributed by atoms with Gasteiger partial charge in [-0.1, -0.05) is 41.2 Å². The molecule has 1 fully saturated rings. The third kappa shape index (κ3) is 3.90. The van der Waals surface area contributed by atoms with E-state index in [0.29, 0.717) is 16.7 Å². The minimum absolute atomic E-state index is 0.115. The number of rotatable bonds is 5. The lowest BCUT2D eigenvalue weighted by Crippen LogP contribution is -2.24. The Morgan fingerprint density at radius 1 is 1.44 bits per heavy atom. The van der Waals surface area contributed by atoms with Crippen LogP contribution in [0.2, 0.25) is 0 Å². The molecule has 0 aliphatic carbocycles. The van der Waals surface area contributed by atoms with Crippen LogP contribution in [0, 0.1) is 6.92 Å². The maximum absolute atomic E-state index is 12.1. The van der Waals surface area contributed by atoms with E-state index in [-0.39, 0.29) is 24.8 Å². The van der Waals surface area contributed by atoms with Gasteiger partial charge in [-0.15, -0.1) is 0 Å². The monoisotopic (exact) mass is 359 g/mol. The number of esters is 1. The Kier molecular flexibility index (Phi) is 5.18. The van der Waals surface area contributed by atoms with Gasteiger partial charge in [0, 0.05) is 5.56 Å². The first kappa shape index (κ1) is 17.2. The summed E-state index contributed by atoms with van der Waals surface area (Å²) in [5.74, 6) is 0.462. The number of ether oxygens (including phenoxy) is 1. The molecule has 3 rings (SSSR count). The lowest BCUT2D eigenvalue weighted by atomic mass is 10.1. The second kappa shape index (κ2) is 7.52. The van der Waals surface area contributed by atoms with Crippen molar-refractivity contribution < 1.29 is 18.8 Å². The molecule has 0 unspecified atom stereocenters. The Hall–Kier alpha value is -2.61. The smallest absolute Gasteiger partial charge is 0.333 e. The van der Waals surface area contributed by atoms with Crippen molar-refractivity contribution >= 4 is 23.6 Å². The van der Waals surface area contributed by atoms with Gasteiger partial charge in [0.2, 0.25) is 17.6 Å². The van der Waals surface area contributed by atoms with Gasteiger partial charge in [-0.3, -0.25) is 9.69 Å². The van der Waals surface area contributed by atoms with Crippen LogP contribution in [0.3, 0.4) is 0 Å². The molecule has 2 heterocycles. The number of nitrogens with zero attached hydrogens (tertiary/aromatic N) is 3. The fourth-order valence-corrected chi connectivity index (χ4v) is 3.30. The molecule has 7 nitrogen and oxygen atoms in total. The number of amides is 1. The Morgan fingerprint density at radius 3 is 3.00 bits per heavy atom. The van der Waals surface area contributed by atoms with Crippen molar-refractivity contribution in [1.29, 1.82) is 0 Å². The molecule has 0 N–H and O–H groups in total. The van der Waals surface area contributed by atoms with Crippen LogP contribution < -0.4 is 0 Å². The van der Waals surface area contributed by atoms with Gasteiger partial charge in [0.25, 0.3) is 0 Å². The number of thioether (sulfide) groups is 1.